The molecule has 134 valence electrons. The van der Waals surface area contributed by atoms with Crippen LogP contribution in [-0.4, -0.2) is 37.5 Å². The number of aryl methyl sites for hydroxylation is 1. The zero-order valence-corrected chi connectivity index (χ0v) is 15.7. The summed E-state index contributed by atoms with van der Waals surface area (Å²) >= 11 is 1.76. The fraction of sp³-hybridized carbons (Fsp3) is 0.389. The van der Waals surface area contributed by atoms with Crippen molar-refractivity contribution in [1.29, 1.82) is 0 Å². The second kappa shape index (κ2) is 9.78. The molecule has 0 radical (unpaired) electrons. The monoisotopic (exact) mass is 359 g/mol. The first-order valence-corrected chi connectivity index (χ1v) is 9.17. The van der Waals surface area contributed by atoms with E-state index < -0.39 is 0 Å². The van der Waals surface area contributed by atoms with Gasteiger partial charge < -0.3 is 16.0 Å². The molecule has 0 saturated carbocycles. The third kappa shape index (κ3) is 5.86. The van der Waals surface area contributed by atoms with Gasteiger partial charge in [0.1, 0.15) is 0 Å². The Hall–Kier alpha value is -2.41. The molecule has 25 heavy (non-hydrogen) atoms. The fourth-order valence-corrected chi connectivity index (χ4v) is 3.10. The number of rotatable bonds is 7. The predicted molar refractivity (Wildman–Crippen MR) is 103 cm³/mol. The molecule has 7 heteroatoms. The van der Waals surface area contributed by atoms with Crippen molar-refractivity contribution in [3.05, 3.63) is 51.5 Å². The molecule has 0 aliphatic carbocycles. The molecule has 0 saturated heterocycles. The fourth-order valence-electron chi connectivity index (χ4n) is 2.24. The van der Waals surface area contributed by atoms with E-state index in [-0.39, 0.29) is 5.91 Å². The maximum absolute atomic E-state index is 11.5. The van der Waals surface area contributed by atoms with Crippen LogP contribution in [0.3, 0.4) is 0 Å². The second-order valence-electron chi connectivity index (χ2n) is 5.45. The molecular weight excluding hydrogens is 334 g/mol. The molecule has 0 aliphatic rings. The van der Waals surface area contributed by atoms with Crippen LogP contribution in [0.5, 0.6) is 0 Å². The number of hydrogen-bond donors (Lipinski definition) is 3. The number of nitrogens with one attached hydrogen (secondary N) is 3. The summed E-state index contributed by atoms with van der Waals surface area (Å²) in [4.78, 5) is 21.5. The topological polar surface area (TPSA) is 78.4 Å². The van der Waals surface area contributed by atoms with E-state index in [4.69, 9.17) is 0 Å². The van der Waals surface area contributed by atoms with Gasteiger partial charge >= 0.3 is 0 Å². The van der Waals surface area contributed by atoms with Crippen LogP contribution in [-0.2, 0) is 19.4 Å². The van der Waals surface area contributed by atoms with Crippen LogP contribution in [0.15, 0.2) is 35.5 Å². The largest absolute Gasteiger partial charge is 0.356 e. The van der Waals surface area contributed by atoms with Gasteiger partial charge in [0, 0.05) is 50.2 Å². The first-order valence-electron chi connectivity index (χ1n) is 8.35. The predicted octanol–water partition coefficient (Wildman–Crippen LogP) is 1.97. The van der Waals surface area contributed by atoms with Gasteiger partial charge in [-0.25, -0.2) is 4.98 Å². The minimum atomic E-state index is -0.0783. The average Bonchev–Trinajstić information content (AvgIpc) is 3.12. The summed E-state index contributed by atoms with van der Waals surface area (Å²) in [6, 6.07) is 7.51. The van der Waals surface area contributed by atoms with E-state index >= 15 is 0 Å². The highest BCUT2D eigenvalue weighted by atomic mass is 32.1. The van der Waals surface area contributed by atoms with Crippen LogP contribution in [0.25, 0.3) is 0 Å². The van der Waals surface area contributed by atoms with E-state index in [0.717, 1.165) is 35.9 Å². The average molecular weight is 359 g/mol. The zero-order chi connectivity index (χ0) is 18.1. The van der Waals surface area contributed by atoms with Crippen molar-refractivity contribution in [1.82, 2.24) is 20.9 Å². The molecule has 1 aromatic carbocycles. The number of thiazole rings is 1. The number of amides is 1. The van der Waals surface area contributed by atoms with Crippen LogP contribution in [0, 0.1) is 0 Å². The first kappa shape index (κ1) is 18.9. The SMILES string of the molecule is CCc1cnc(CCNC(=NC)NCc2ccc(C(=O)NC)cc2)s1. The van der Waals surface area contributed by atoms with Crippen molar-refractivity contribution < 1.29 is 4.79 Å². The summed E-state index contributed by atoms with van der Waals surface area (Å²) in [6.45, 7) is 3.57. The molecule has 0 spiro atoms. The third-order valence-electron chi connectivity index (χ3n) is 3.71. The molecule has 1 aromatic heterocycles. The Labute approximate surface area is 152 Å². The summed E-state index contributed by atoms with van der Waals surface area (Å²) in [5, 5.41) is 10.3. The van der Waals surface area contributed by atoms with Gasteiger partial charge in [0.15, 0.2) is 5.96 Å². The normalized spacial score (nSPS) is 11.2. The minimum absolute atomic E-state index is 0.0783. The van der Waals surface area contributed by atoms with Gasteiger partial charge in [-0.3, -0.25) is 9.79 Å². The van der Waals surface area contributed by atoms with Crippen molar-refractivity contribution in [2.45, 2.75) is 26.3 Å². The summed E-state index contributed by atoms with van der Waals surface area (Å²) < 4.78 is 0. The van der Waals surface area contributed by atoms with E-state index in [2.05, 4.69) is 32.9 Å². The third-order valence-corrected chi connectivity index (χ3v) is 4.91. The van der Waals surface area contributed by atoms with Crippen LogP contribution in [0.1, 0.15) is 32.7 Å². The van der Waals surface area contributed by atoms with E-state index in [0.29, 0.717) is 12.1 Å². The van der Waals surface area contributed by atoms with Gasteiger partial charge in [-0.1, -0.05) is 19.1 Å². The van der Waals surface area contributed by atoms with E-state index in [1.165, 1.54) is 4.88 Å². The summed E-state index contributed by atoms with van der Waals surface area (Å²) in [5.41, 5.74) is 1.74. The summed E-state index contributed by atoms with van der Waals surface area (Å²) in [6.07, 6.45) is 3.87. The Morgan fingerprint density at radius 3 is 2.60 bits per heavy atom. The second-order valence-corrected chi connectivity index (χ2v) is 6.65. The first-order chi connectivity index (χ1) is 12.2. The number of guanidine groups is 1. The van der Waals surface area contributed by atoms with Gasteiger partial charge in [0.25, 0.3) is 5.91 Å². The quantitative estimate of drug-likeness (QED) is 0.522. The highest BCUT2D eigenvalue weighted by Gasteiger charge is 2.04. The van der Waals surface area contributed by atoms with Crippen LogP contribution < -0.4 is 16.0 Å². The molecule has 0 bridgehead atoms. The summed E-state index contributed by atoms with van der Waals surface area (Å²) in [5.74, 6) is 0.674. The molecule has 0 fully saturated rings. The molecule has 0 aliphatic heterocycles. The number of benzene rings is 1. The van der Waals surface area contributed by atoms with Gasteiger partial charge in [0.2, 0.25) is 0 Å². The molecule has 6 nitrogen and oxygen atoms in total. The lowest BCUT2D eigenvalue weighted by Gasteiger charge is -2.11. The molecule has 2 rings (SSSR count). The zero-order valence-electron chi connectivity index (χ0n) is 14.9. The minimum Gasteiger partial charge on any atom is -0.356 e. The van der Waals surface area contributed by atoms with E-state index in [1.807, 2.05) is 30.5 Å². The van der Waals surface area contributed by atoms with Crippen LogP contribution >= 0.6 is 11.3 Å². The molecule has 0 atom stereocenters. The lowest BCUT2D eigenvalue weighted by Crippen LogP contribution is -2.37. The van der Waals surface area contributed by atoms with E-state index in [9.17, 15) is 4.79 Å². The molecule has 3 N–H and O–H groups in total. The van der Waals surface area contributed by atoms with Crippen molar-refractivity contribution in [3.63, 3.8) is 0 Å². The molecular formula is C18H25N5OS. The highest BCUT2D eigenvalue weighted by Crippen LogP contribution is 2.13. The number of aliphatic imine (C=N–C) groups is 1. The van der Waals surface area contributed by atoms with Crippen LogP contribution in [0.4, 0.5) is 0 Å². The maximum atomic E-state index is 11.5. The number of aromatic nitrogens is 1. The lowest BCUT2D eigenvalue weighted by atomic mass is 10.1. The summed E-state index contributed by atoms with van der Waals surface area (Å²) in [7, 11) is 3.38. The molecule has 1 heterocycles. The van der Waals surface area contributed by atoms with E-state index in [1.54, 1.807) is 25.4 Å². The highest BCUT2D eigenvalue weighted by molar-refractivity contribution is 7.11. The van der Waals surface area contributed by atoms with Crippen molar-refractivity contribution >= 4 is 23.2 Å². The standard InChI is InChI=1S/C18H25N5OS/c1-4-15-12-22-16(25-15)9-10-21-18(20-3)23-11-13-5-7-14(8-6-13)17(24)19-2/h5-8,12H,4,9-11H2,1-3H3,(H,19,24)(H2,20,21,23). The Bertz CT molecular complexity index is 709. The number of carbonyl (C=O) groups is 1. The maximum Gasteiger partial charge on any atom is 0.251 e. The van der Waals surface area contributed by atoms with Crippen LogP contribution in [0.2, 0.25) is 0 Å². The van der Waals surface area contributed by atoms with Crippen molar-refractivity contribution in [3.8, 4) is 0 Å². The Morgan fingerprint density at radius 1 is 1.24 bits per heavy atom. The Kier molecular flexibility index (Phi) is 7.40. The van der Waals surface area contributed by atoms with Gasteiger partial charge in [0.05, 0.1) is 5.01 Å². The van der Waals surface area contributed by atoms with Crippen molar-refractivity contribution in [2.75, 3.05) is 20.6 Å². The molecule has 1 amide bonds. The lowest BCUT2D eigenvalue weighted by molar-refractivity contribution is 0.0963. The number of hydrogen-bond acceptors (Lipinski definition) is 4. The van der Waals surface area contributed by atoms with Gasteiger partial charge in [-0.15, -0.1) is 11.3 Å². The number of nitrogens with zero attached hydrogens (tertiary/aromatic N) is 2. The Balaban J connectivity index is 1.77. The van der Waals surface area contributed by atoms with Gasteiger partial charge in [-0.2, -0.15) is 0 Å². The van der Waals surface area contributed by atoms with Gasteiger partial charge in [-0.05, 0) is 24.1 Å². The number of carbonyl (C=O) groups excluding carboxylic acids is 1. The Morgan fingerprint density at radius 2 is 2.00 bits per heavy atom. The van der Waals surface area contributed by atoms with Crippen molar-refractivity contribution in [2.24, 2.45) is 4.99 Å². The molecule has 0 unspecified atom stereocenters. The smallest absolute Gasteiger partial charge is 0.251 e. The molecule has 2 aromatic rings.